The summed E-state index contributed by atoms with van der Waals surface area (Å²) in [6.45, 7) is 3.60. The van der Waals surface area contributed by atoms with Crippen LogP contribution in [0.5, 0.6) is 0 Å². The molecule has 3 rings (SSSR count). The first-order valence-corrected chi connectivity index (χ1v) is 8.20. The van der Waals surface area contributed by atoms with Crippen molar-refractivity contribution >= 4 is 39.7 Å². The number of anilines is 1. The minimum Gasteiger partial charge on any atom is -0.481 e. The molecule has 7 heteroatoms. The van der Waals surface area contributed by atoms with E-state index in [0.29, 0.717) is 5.13 Å². The molecule has 1 fully saturated rings. The van der Waals surface area contributed by atoms with E-state index >= 15 is 0 Å². The summed E-state index contributed by atoms with van der Waals surface area (Å²) in [4.78, 5) is 28.7. The second-order valence-corrected chi connectivity index (χ2v) is 7.43. The lowest BCUT2D eigenvalue weighted by Crippen LogP contribution is -2.17. The number of carbonyl (C=O) groups is 2. The molecule has 2 atom stereocenters. The van der Waals surface area contributed by atoms with Crippen molar-refractivity contribution in [1.82, 2.24) is 4.98 Å². The molecule has 5 nitrogen and oxygen atoms in total. The molecule has 0 radical (unpaired) electrons. The average molecular weight is 322 g/mol. The zero-order valence-corrected chi connectivity index (χ0v) is 13.1. The van der Waals surface area contributed by atoms with Crippen LogP contribution in [-0.4, -0.2) is 22.0 Å². The summed E-state index contributed by atoms with van der Waals surface area (Å²) < 4.78 is 0. The van der Waals surface area contributed by atoms with Crippen molar-refractivity contribution in [1.29, 1.82) is 0 Å². The summed E-state index contributed by atoms with van der Waals surface area (Å²) in [6.07, 6.45) is 0. The van der Waals surface area contributed by atoms with Gasteiger partial charge in [-0.15, -0.1) is 22.7 Å². The third-order valence-electron chi connectivity index (χ3n) is 3.88. The Morgan fingerprint density at radius 1 is 1.33 bits per heavy atom. The van der Waals surface area contributed by atoms with E-state index in [1.807, 2.05) is 22.9 Å². The molecule has 0 bridgehead atoms. The first-order valence-electron chi connectivity index (χ1n) is 6.44. The van der Waals surface area contributed by atoms with Gasteiger partial charge in [-0.3, -0.25) is 9.59 Å². The van der Waals surface area contributed by atoms with Crippen LogP contribution < -0.4 is 5.32 Å². The molecule has 0 aliphatic heterocycles. The summed E-state index contributed by atoms with van der Waals surface area (Å²) in [5.74, 6) is -2.30. The number of carboxylic acids is 1. The number of hydrogen-bond acceptors (Lipinski definition) is 5. The third kappa shape index (κ3) is 2.47. The number of thiazole rings is 1. The number of rotatable bonds is 4. The van der Waals surface area contributed by atoms with Crippen molar-refractivity contribution < 1.29 is 14.7 Å². The van der Waals surface area contributed by atoms with Crippen molar-refractivity contribution in [3.05, 3.63) is 22.9 Å². The zero-order valence-electron chi connectivity index (χ0n) is 11.5. The molecule has 1 aliphatic rings. The van der Waals surface area contributed by atoms with E-state index in [1.165, 1.54) is 11.3 Å². The Kier molecular flexibility index (Phi) is 3.33. The molecular weight excluding hydrogens is 308 g/mol. The summed E-state index contributed by atoms with van der Waals surface area (Å²) in [5.41, 5.74) is 0.333. The van der Waals surface area contributed by atoms with E-state index < -0.39 is 23.2 Å². The molecule has 0 spiro atoms. The Morgan fingerprint density at radius 3 is 2.67 bits per heavy atom. The Morgan fingerprint density at radius 2 is 2.10 bits per heavy atom. The van der Waals surface area contributed by atoms with Gasteiger partial charge in [0, 0.05) is 5.38 Å². The fourth-order valence-corrected chi connectivity index (χ4v) is 4.11. The van der Waals surface area contributed by atoms with Crippen LogP contribution in [-0.2, 0) is 9.59 Å². The van der Waals surface area contributed by atoms with Gasteiger partial charge in [-0.05, 0) is 16.9 Å². The first kappa shape index (κ1) is 14.2. The van der Waals surface area contributed by atoms with Crippen LogP contribution in [0.25, 0.3) is 10.6 Å². The molecule has 2 heterocycles. The minimum atomic E-state index is -0.918. The van der Waals surface area contributed by atoms with E-state index in [0.717, 1.165) is 10.6 Å². The van der Waals surface area contributed by atoms with Crippen LogP contribution in [0.15, 0.2) is 22.9 Å². The van der Waals surface area contributed by atoms with Gasteiger partial charge >= 0.3 is 5.97 Å². The molecule has 2 N–H and O–H groups in total. The van der Waals surface area contributed by atoms with E-state index in [9.17, 15) is 9.59 Å². The van der Waals surface area contributed by atoms with Gasteiger partial charge in [0.05, 0.1) is 22.4 Å². The van der Waals surface area contributed by atoms with Crippen LogP contribution in [0.4, 0.5) is 5.13 Å². The Bertz CT molecular complexity index is 691. The van der Waals surface area contributed by atoms with Gasteiger partial charge in [-0.2, -0.15) is 0 Å². The van der Waals surface area contributed by atoms with E-state index in [-0.39, 0.29) is 5.91 Å². The highest BCUT2D eigenvalue weighted by Gasteiger charge is 2.65. The van der Waals surface area contributed by atoms with Gasteiger partial charge in [0.15, 0.2) is 5.13 Å². The zero-order chi connectivity index (χ0) is 15.2. The normalized spacial score (nSPS) is 22.8. The number of aliphatic carboxylic acids is 1. The standard InChI is InChI=1S/C14H14N2O3S2/c1-14(2)9(10(14)12(18)19)11(17)16-13-15-7(6-21-13)8-4-3-5-20-8/h3-6,9-10H,1-2H3,(H,18,19)(H,15,16,17)/t9-,10-/m0/s1. The van der Waals surface area contributed by atoms with Crippen LogP contribution in [0.2, 0.25) is 0 Å². The average Bonchev–Trinajstić information content (AvgIpc) is 2.85. The molecule has 110 valence electrons. The Labute approximate surface area is 129 Å². The van der Waals surface area contributed by atoms with Gasteiger partial charge in [-0.25, -0.2) is 4.98 Å². The van der Waals surface area contributed by atoms with Gasteiger partial charge in [0.1, 0.15) is 0 Å². The molecule has 21 heavy (non-hydrogen) atoms. The predicted molar refractivity (Wildman–Crippen MR) is 82.5 cm³/mol. The Balaban J connectivity index is 1.71. The molecule has 1 amide bonds. The highest BCUT2D eigenvalue weighted by molar-refractivity contribution is 7.16. The molecular formula is C14H14N2O3S2. The monoisotopic (exact) mass is 322 g/mol. The van der Waals surface area contributed by atoms with E-state index in [1.54, 1.807) is 25.2 Å². The number of carboxylic acid groups (broad SMARTS) is 1. The molecule has 0 aromatic carbocycles. The summed E-state index contributed by atoms with van der Waals surface area (Å²) in [7, 11) is 0. The molecule has 2 aromatic rings. The smallest absolute Gasteiger partial charge is 0.307 e. The molecule has 2 aromatic heterocycles. The maximum Gasteiger partial charge on any atom is 0.307 e. The van der Waals surface area contributed by atoms with Crippen LogP contribution in [0.3, 0.4) is 0 Å². The lowest BCUT2D eigenvalue weighted by molar-refractivity contribution is -0.140. The van der Waals surface area contributed by atoms with Gasteiger partial charge in [-0.1, -0.05) is 19.9 Å². The second-order valence-electron chi connectivity index (χ2n) is 5.62. The molecule has 0 unspecified atom stereocenters. The topological polar surface area (TPSA) is 79.3 Å². The highest BCUT2D eigenvalue weighted by atomic mass is 32.1. The van der Waals surface area contributed by atoms with Crippen molar-refractivity contribution in [2.45, 2.75) is 13.8 Å². The van der Waals surface area contributed by atoms with Crippen LogP contribution in [0, 0.1) is 17.3 Å². The number of nitrogens with one attached hydrogen (secondary N) is 1. The maximum atomic E-state index is 12.2. The number of thiophene rings is 1. The van der Waals surface area contributed by atoms with Crippen LogP contribution in [0.1, 0.15) is 13.8 Å². The van der Waals surface area contributed by atoms with Crippen molar-refractivity contribution in [3.63, 3.8) is 0 Å². The molecule has 1 saturated carbocycles. The number of hydrogen-bond donors (Lipinski definition) is 2. The van der Waals surface area contributed by atoms with Gasteiger partial charge < -0.3 is 10.4 Å². The predicted octanol–water partition coefficient (Wildman–Crippen LogP) is 3.17. The van der Waals surface area contributed by atoms with Crippen LogP contribution >= 0.6 is 22.7 Å². The molecule has 1 aliphatic carbocycles. The lowest BCUT2D eigenvalue weighted by atomic mass is 10.1. The van der Waals surface area contributed by atoms with Gasteiger partial charge in [0.2, 0.25) is 5.91 Å². The van der Waals surface area contributed by atoms with Gasteiger partial charge in [0.25, 0.3) is 0 Å². The highest BCUT2D eigenvalue weighted by Crippen LogP contribution is 2.58. The summed E-state index contributed by atoms with van der Waals surface area (Å²) in [6, 6.07) is 3.91. The van der Waals surface area contributed by atoms with Crippen molar-refractivity contribution in [3.8, 4) is 10.6 Å². The lowest BCUT2D eigenvalue weighted by Gasteiger charge is -2.02. The maximum absolute atomic E-state index is 12.2. The van der Waals surface area contributed by atoms with Crippen molar-refractivity contribution in [2.75, 3.05) is 5.32 Å². The summed E-state index contributed by atoms with van der Waals surface area (Å²) in [5, 5.41) is 16.2. The fourth-order valence-electron chi connectivity index (χ4n) is 2.64. The van der Waals surface area contributed by atoms with E-state index in [2.05, 4.69) is 10.3 Å². The first-order chi connectivity index (χ1) is 9.91. The number of nitrogens with zero attached hydrogens (tertiary/aromatic N) is 1. The number of aromatic nitrogens is 1. The number of carbonyl (C=O) groups excluding carboxylic acids is 1. The second kappa shape index (κ2) is 4.92. The number of amides is 1. The SMILES string of the molecule is CC1(C)[C@H](C(=O)O)[C@H]1C(=O)Nc1nc(-c2cccs2)cs1. The third-order valence-corrected chi connectivity index (χ3v) is 5.53. The minimum absolute atomic E-state index is 0.264. The quantitative estimate of drug-likeness (QED) is 0.906. The summed E-state index contributed by atoms with van der Waals surface area (Å²) >= 11 is 2.93. The van der Waals surface area contributed by atoms with E-state index in [4.69, 9.17) is 5.11 Å². The largest absolute Gasteiger partial charge is 0.481 e. The molecule has 0 saturated heterocycles. The Hall–Kier alpha value is -1.73. The fraction of sp³-hybridized carbons (Fsp3) is 0.357. The van der Waals surface area contributed by atoms with Crippen molar-refractivity contribution in [2.24, 2.45) is 17.3 Å².